The first-order valence-corrected chi connectivity index (χ1v) is 7.78. The second kappa shape index (κ2) is 7.09. The SMILES string of the molecule is COc1ccccc1CC(C)=CC(=O)Nc1ccc2oc(=O)[nH]c2c1. The molecule has 0 saturated heterocycles. The van der Waals surface area contributed by atoms with Gasteiger partial charge in [-0.15, -0.1) is 0 Å². The van der Waals surface area contributed by atoms with Gasteiger partial charge < -0.3 is 14.5 Å². The van der Waals surface area contributed by atoms with E-state index in [1.807, 2.05) is 31.2 Å². The molecule has 0 spiro atoms. The van der Waals surface area contributed by atoms with Gasteiger partial charge >= 0.3 is 5.76 Å². The van der Waals surface area contributed by atoms with Crippen LogP contribution in [-0.4, -0.2) is 18.0 Å². The van der Waals surface area contributed by atoms with Crippen molar-refractivity contribution in [2.45, 2.75) is 13.3 Å². The van der Waals surface area contributed by atoms with E-state index in [1.165, 1.54) is 0 Å². The molecule has 6 heteroatoms. The average molecular weight is 338 g/mol. The Labute approximate surface area is 144 Å². The first-order valence-electron chi connectivity index (χ1n) is 7.78. The normalized spacial score (nSPS) is 11.5. The molecule has 0 fully saturated rings. The van der Waals surface area contributed by atoms with Crippen LogP contribution < -0.4 is 15.8 Å². The van der Waals surface area contributed by atoms with Crippen LogP contribution in [0.3, 0.4) is 0 Å². The fourth-order valence-corrected chi connectivity index (χ4v) is 2.63. The maximum atomic E-state index is 12.2. The minimum atomic E-state index is -0.522. The number of oxazole rings is 1. The number of para-hydroxylation sites is 1. The fraction of sp³-hybridized carbons (Fsp3) is 0.158. The largest absolute Gasteiger partial charge is 0.496 e. The highest BCUT2D eigenvalue weighted by Gasteiger charge is 2.06. The lowest BCUT2D eigenvalue weighted by Crippen LogP contribution is -2.09. The molecule has 2 N–H and O–H groups in total. The number of aromatic nitrogens is 1. The van der Waals surface area contributed by atoms with Crippen molar-refractivity contribution in [2.75, 3.05) is 12.4 Å². The average Bonchev–Trinajstić information content (AvgIpc) is 2.94. The van der Waals surface area contributed by atoms with Gasteiger partial charge in [-0.25, -0.2) is 4.79 Å². The summed E-state index contributed by atoms with van der Waals surface area (Å²) in [7, 11) is 1.63. The number of H-pyrrole nitrogens is 1. The lowest BCUT2D eigenvalue weighted by Gasteiger charge is -2.08. The van der Waals surface area contributed by atoms with E-state index in [0.29, 0.717) is 23.2 Å². The molecule has 0 atom stereocenters. The number of nitrogens with one attached hydrogen (secondary N) is 2. The molecular weight excluding hydrogens is 320 g/mol. The molecule has 25 heavy (non-hydrogen) atoms. The van der Waals surface area contributed by atoms with Crippen LogP contribution in [0.2, 0.25) is 0 Å². The summed E-state index contributed by atoms with van der Waals surface area (Å²) in [5.41, 5.74) is 3.49. The van der Waals surface area contributed by atoms with E-state index in [1.54, 1.807) is 31.4 Å². The minimum Gasteiger partial charge on any atom is -0.496 e. The Kier molecular flexibility index (Phi) is 4.70. The summed E-state index contributed by atoms with van der Waals surface area (Å²) >= 11 is 0. The van der Waals surface area contributed by atoms with Crippen LogP contribution in [0, 0.1) is 0 Å². The molecule has 3 rings (SSSR count). The van der Waals surface area contributed by atoms with Crippen molar-refractivity contribution in [3.8, 4) is 5.75 Å². The number of amides is 1. The molecule has 2 aromatic carbocycles. The van der Waals surface area contributed by atoms with Gasteiger partial charge in [0.25, 0.3) is 0 Å². The molecule has 0 bridgehead atoms. The van der Waals surface area contributed by atoms with E-state index in [2.05, 4.69) is 10.3 Å². The third-order valence-electron chi connectivity index (χ3n) is 3.73. The van der Waals surface area contributed by atoms with Crippen molar-refractivity contribution < 1.29 is 13.9 Å². The van der Waals surface area contributed by atoms with E-state index >= 15 is 0 Å². The lowest BCUT2D eigenvalue weighted by molar-refractivity contribution is -0.111. The van der Waals surface area contributed by atoms with Crippen molar-refractivity contribution >= 4 is 22.7 Å². The minimum absolute atomic E-state index is 0.238. The van der Waals surface area contributed by atoms with Gasteiger partial charge in [0.05, 0.1) is 12.6 Å². The Bertz CT molecular complexity index is 998. The number of fused-ring (bicyclic) bond motifs is 1. The van der Waals surface area contributed by atoms with Gasteiger partial charge in [0, 0.05) is 11.8 Å². The molecule has 0 unspecified atom stereocenters. The molecule has 1 aromatic heterocycles. The number of hydrogen-bond donors (Lipinski definition) is 2. The lowest BCUT2D eigenvalue weighted by atomic mass is 10.0. The quantitative estimate of drug-likeness (QED) is 0.699. The molecule has 0 aliphatic heterocycles. The Morgan fingerprint density at radius 2 is 2.08 bits per heavy atom. The van der Waals surface area contributed by atoms with Crippen LogP contribution in [0.5, 0.6) is 5.75 Å². The molecule has 0 aliphatic carbocycles. The van der Waals surface area contributed by atoms with Crippen LogP contribution in [0.15, 0.2) is 63.3 Å². The third-order valence-corrected chi connectivity index (χ3v) is 3.73. The topological polar surface area (TPSA) is 84.3 Å². The number of aromatic amines is 1. The van der Waals surface area contributed by atoms with Crippen molar-refractivity contribution in [2.24, 2.45) is 0 Å². The number of anilines is 1. The first kappa shape index (κ1) is 16.6. The van der Waals surface area contributed by atoms with Crippen LogP contribution in [-0.2, 0) is 11.2 Å². The van der Waals surface area contributed by atoms with Crippen LogP contribution in [0.25, 0.3) is 11.1 Å². The highest BCUT2D eigenvalue weighted by atomic mass is 16.5. The maximum absolute atomic E-state index is 12.2. The molecule has 6 nitrogen and oxygen atoms in total. The number of hydrogen-bond acceptors (Lipinski definition) is 4. The fourth-order valence-electron chi connectivity index (χ4n) is 2.63. The van der Waals surface area contributed by atoms with Gasteiger partial charge in [-0.3, -0.25) is 9.78 Å². The van der Waals surface area contributed by atoms with E-state index in [9.17, 15) is 9.59 Å². The number of allylic oxidation sites excluding steroid dienone is 1. The van der Waals surface area contributed by atoms with Crippen molar-refractivity contribution in [3.63, 3.8) is 0 Å². The van der Waals surface area contributed by atoms with Crippen LogP contribution in [0.4, 0.5) is 5.69 Å². The summed E-state index contributed by atoms with van der Waals surface area (Å²) in [5, 5.41) is 2.78. The monoisotopic (exact) mass is 338 g/mol. The summed E-state index contributed by atoms with van der Waals surface area (Å²) < 4.78 is 10.3. The highest BCUT2D eigenvalue weighted by molar-refractivity contribution is 6.00. The number of rotatable bonds is 5. The second-order valence-electron chi connectivity index (χ2n) is 5.69. The summed E-state index contributed by atoms with van der Waals surface area (Å²) in [4.78, 5) is 25.9. The molecule has 3 aromatic rings. The number of ether oxygens (including phenoxy) is 1. The predicted octanol–water partition coefficient (Wildman–Crippen LogP) is 3.26. The van der Waals surface area contributed by atoms with Crippen LogP contribution in [0.1, 0.15) is 12.5 Å². The Balaban J connectivity index is 1.71. The zero-order valence-corrected chi connectivity index (χ0v) is 14.0. The third kappa shape index (κ3) is 3.98. The predicted molar refractivity (Wildman–Crippen MR) is 95.9 cm³/mol. The summed E-state index contributed by atoms with van der Waals surface area (Å²) in [6.45, 7) is 1.89. The highest BCUT2D eigenvalue weighted by Crippen LogP contribution is 2.21. The van der Waals surface area contributed by atoms with Gasteiger partial charge in [-0.1, -0.05) is 23.8 Å². The molecular formula is C19H18N2O4. The van der Waals surface area contributed by atoms with Gasteiger partial charge in [0.1, 0.15) is 5.75 Å². The molecule has 1 amide bonds. The smallest absolute Gasteiger partial charge is 0.417 e. The molecule has 0 saturated carbocycles. The van der Waals surface area contributed by atoms with E-state index in [0.717, 1.165) is 16.9 Å². The zero-order chi connectivity index (χ0) is 17.8. The van der Waals surface area contributed by atoms with Crippen molar-refractivity contribution in [3.05, 3.63) is 70.2 Å². The maximum Gasteiger partial charge on any atom is 0.417 e. The zero-order valence-electron chi connectivity index (χ0n) is 14.0. The van der Waals surface area contributed by atoms with Crippen LogP contribution >= 0.6 is 0 Å². The van der Waals surface area contributed by atoms with Gasteiger partial charge in [-0.2, -0.15) is 0 Å². The standard InChI is InChI=1S/C19H18N2O4/c1-12(9-13-5-3-4-6-16(13)24-2)10-18(22)20-14-7-8-17-15(11-14)21-19(23)25-17/h3-8,10-11H,9H2,1-2H3,(H,20,22)(H,21,23). The number of carbonyl (C=O) groups excluding carboxylic acids is 1. The number of methoxy groups -OCH3 is 1. The van der Waals surface area contributed by atoms with Gasteiger partial charge in [0.2, 0.25) is 5.91 Å². The Hall–Kier alpha value is -3.28. The van der Waals surface area contributed by atoms with E-state index < -0.39 is 5.76 Å². The van der Waals surface area contributed by atoms with Gasteiger partial charge in [0.15, 0.2) is 5.58 Å². The Morgan fingerprint density at radius 1 is 1.28 bits per heavy atom. The summed E-state index contributed by atoms with van der Waals surface area (Å²) in [5.74, 6) is 0.0358. The Morgan fingerprint density at radius 3 is 2.88 bits per heavy atom. The number of carbonyl (C=O) groups is 1. The van der Waals surface area contributed by atoms with E-state index in [4.69, 9.17) is 9.15 Å². The number of benzene rings is 2. The molecule has 128 valence electrons. The van der Waals surface area contributed by atoms with Crippen molar-refractivity contribution in [1.82, 2.24) is 4.98 Å². The first-order chi connectivity index (χ1) is 12.0. The molecule has 0 radical (unpaired) electrons. The van der Waals surface area contributed by atoms with Gasteiger partial charge in [-0.05, 0) is 43.2 Å². The molecule has 0 aliphatic rings. The summed E-state index contributed by atoms with van der Waals surface area (Å²) in [6, 6.07) is 12.7. The second-order valence-corrected chi connectivity index (χ2v) is 5.69. The van der Waals surface area contributed by atoms with E-state index in [-0.39, 0.29) is 5.91 Å². The summed E-state index contributed by atoms with van der Waals surface area (Å²) in [6.07, 6.45) is 2.17. The van der Waals surface area contributed by atoms with Crippen molar-refractivity contribution in [1.29, 1.82) is 0 Å². The molecule has 1 heterocycles.